The monoisotopic (exact) mass is 258 g/mol. The van der Waals surface area contributed by atoms with Gasteiger partial charge in [0.2, 0.25) is 5.91 Å². The fourth-order valence-corrected chi connectivity index (χ4v) is 2.87. The lowest BCUT2D eigenvalue weighted by molar-refractivity contribution is -0.138. The van der Waals surface area contributed by atoms with Gasteiger partial charge in [0.1, 0.15) is 0 Å². The van der Waals surface area contributed by atoms with Crippen LogP contribution in [0.5, 0.6) is 0 Å². The fourth-order valence-electron chi connectivity index (χ4n) is 2.87. The molecule has 2 rings (SSSR count). The second-order valence-electron chi connectivity index (χ2n) is 5.23. The van der Waals surface area contributed by atoms with Gasteiger partial charge in [-0.15, -0.1) is 19.0 Å². The maximum absolute atomic E-state index is 12.3. The van der Waals surface area contributed by atoms with E-state index in [1.54, 1.807) is 0 Å². The van der Waals surface area contributed by atoms with Crippen molar-refractivity contribution in [1.82, 2.24) is 4.90 Å². The Morgan fingerprint density at radius 2 is 1.82 bits per heavy atom. The van der Waals surface area contributed by atoms with Crippen LogP contribution in [0.2, 0.25) is 0 Å². The second-order valence-corrected chi connectivity index (χ2v) is 5.23. The summed E-state index contributed by atoms with van der Waals surface area (Å²) >= 11 is 0. The molecule has 0 aromatic rings. The molecule has 4 heteroatoms. The smallest absolute Gasteiger partial charge is 0.242 e. The molecule has 0 radical (unpaired) electrons. The Bertz CT molecular complexity index is 279. The highest BCUT2D eigenvalue weighted by Gasteiger charge is 2.40. The molecule has 2 N–H and O–H groups in total. The highest BCUT2D eigenvalue weighted by atomic mass is 35.5. The van der Waals surface area contributed by atoms with Crippen LogP contribution < -0.4 is 5.73 Å². The van der Waals surface area contributed by atoms with Crippen molar-refractivity contribution in [3.8, 4) is 0 Å². The molecule has 1 amide bonds. The summed E-state index contributed by atoms with van der Waals surface area (Å²) in [5.74, 6) is 0.772. The first kappa shape index (κ1) is 14.5. The summed E-state index contributed by atoms with van der Waals surface area (Å²) in [5.41, 5.74) is 5.65. The van der Waals surface area contributed by atoms with Crippen LogP contribution in [0.25, 0.3) is 0 Å². The molecule has 1 aliphatic heterocycles. The van der Waals surface area contributed by atoms with E-state index in [2.05, 4.69) is 6.58 Å². The molecule has 1 saturated carbocycles. The summed E-state index contributed by atoms with van der Waals surface area (Å²) in [7, 11) is 0. The number of allylic oxidation sites excluding steroid dienone is 1. The highest BCUT2D eigenvalue weighted by Crippen LogP contribution is 2.30. The molecule has 3 nitrogen and oxygen atoms in total. The Balaban J connectivity index is 0.00000144. The lowest BCUT2D eigenvalue weighted by atomic mass is 9.92. The highest BCUT2D eigenvalue weighted by molar-refractivity contribution is 5.86. The molecule has 0 unspecified atom stereocenters. The maximum Gasteiger partial charge on any atom is 0.242 e. The van der Waals surface area contributed by atoms with Gasteiger partial charge in [-0.2, -0.15) is 0 Å². The van der Waals surface area contributed by atoms with Crippen molar-refractivity contribution in [2.75, 3.05) is 13.1 Å². The van der Waals surface area contributed by atoms with E-state index in [1.165, 1.54) is 0 Å². The van der Waals surface area contributed by atoms with Crippen LogP contribution in [0, 0.1) is 5.92 Å². The van der Waals surface area contributed by atoms with Crippen molar-refractivity contribution in [2.45, 2.75) is 44.1 Å². The number of hydrogen-bond acceptors (Lipinski definition) is 2. The quantitative estimate of drug-likeness (QED) is 0.771. The van der Waals surface area contributed by atoms with Crippen molar-refractivity contribution in [1.29, 1.82) is 0 Å². The van der Waals surface area contributed by atoms with Crippen LogP contribution in [0.1, 0.15) is 38.5 Å². The van der Waals surface area contributed by atoms with Gasteiger partial charge >= 0.3 is 0 Å². The SMILES string of the molecule is C=CC1CCN(C(=O)C2(N)CCCC2)CC1.Cl. The Morgan fingerprint density at radius 3 is 2.29 bits per heavy atom. The van der Waals surface area contributed by atoms with E-state index in [9.17, 15) is 4.79 Å². The topological polar surface area (TPSA) is 46.3 Å². The number of carbonyl (C=O) groups excluding carboxylic acids is 1. The van der Waals surface area contributed by atoms with Gasteiger partial charge in [0, 0.05) is 13.1 Å². The van der Waals surface area contributed by atoms with E-state index in [0.29, 0.717) is 5.92 Å². The molecular formula is C13H23ClN2O. The molecule has 2 aliphatic rings. The molecule has 1 heterocycles. The third-order valence-electron chi connectivity index (χ3n) is 4.08. The minimum atomic E-state index is -0.541. The van der Waals surface area contributed by atoms with E-state index in [-0.39, 0.29) is 18.3 Å². The summed E-state index contributed by atoms with van der Waals surface area (Å²) in [4.78, 5) is 14.3. The van der Waals surface area contributed by atoms with Gasteiger partial charge in [-0.1, -0.05) is 18.9 Å². The van der Waals surface area contributed by atoms with Crippen molar-refractivity contribution < 1.29 is 4.79 Å². The van der Waals surface area contributed by atoms with Gasteiger partial charge < -0.3 is 10.6 Å². The second kappa shape index (κ2) is 5.87. The third kappa shape index (κ3) is 3.02. The van der Waals surface area contributed by atoms with E-state index in [1.807, 2.05) is 11.0 Å². The third-order valence-corrected chi connectivity index (χ3v) is 4.08. The zero-order valence-electron chi connectivity index (χ0n) is 10.4. The first-order chi connectivity index (χ1) is 7.65. The zero-order chi connectivity index (χ0) is 11.6. The summed E-state index contributed by atoms with van der Waals surface area (Å²) in [6, 6.07) is 0. The zero-order valence-corrected chi connectivity index (χ0v) is 11.2. The van der Waals surface area contributed by atoms with Crippen molar-refractivity contribution in [3.05, 3.63) is 12.7 Å². The Kier molecular flexibility index (Phi) is 5.02. The molecule has 0 spiro atoms. The minimum absolute atomic E-state index is 0. The summed E-state index contributed by atoms with van der Waals surface area (Å²) < 4.78 is 0. The van der Waals surface area contributed by atoms with Gasteiger partial charge in [-0.3, -0.25) is 4.79 Å². The maximum atomic E-state index is 12.3. The molecule has 98 valence electrons. The number of halogens is 1. The number of carbonyl (C=O) groups is 1. The van der Waals surface area contributed by atoms with E-state index in [0.717, 1.165) is 51.6 Å². The van der Waals surface area contributed by atoms with Crippen LogP contribution in [0.3, 0.4) is 0 Å². The fraction of sp³-hybridized carbons (Fsp3) is 0.769. The molecule has 2 fully saturated rings. The number of nitrogens with zero attached hydrogens (tertiary/aromatic N) is 1. The first-order valence-electron chi connectivity index (χ1n) is 6.36. The predicted octanol–water partition coefficient (Wildman–Crippen LogP) is 2.10. The standard InChI is InChI=1S/C13H22N2O.ClH/c1-2-11-5-9-15(10-6-11)12(16)13(14)7-3-4-8-13;/h2,11H,1,3-10,14H2;1H. The average molecular weight is 259 g/mol. The number of rotatable bonds is 2. The molecule has 0 atom stereocenters. The Labute approximate surface area is 110 Å². The van der Waals surface area contributed by atoms with Crippen molar-refractivity contribution in [2.24, 2.45) is 11.7 Å². The lowest BCUT2D eigenvalue weighted by Crippen LogP contribution is -2.55. The minimum Gasteiger partial charge on any atom is -0.341 e. The number of nitrogens with two attached hydrogens (primary N) is 1. The number of piperidine rings is 1. The van der Waals surface area contributed by atoms with Crippen LogP contribution in [-0.2, 0) is 4.79 Å². The average Bonchev–Trinajstić information content (AvgIpc) is 2.77. The summed E-state index contributed by atoms with van der Waals surface area (Å²) in [6.45, 7) is 5.53. The van der Waals surface area contributed by atoms with Crippen LogP contribution in [-0.4, -0.2) is 29.4 Å². The number of amides is 1. The van der Waals surface area contributed by atoms with Crippen molar-refractivity contribution >= 4 is 18.3 Å². The van der Waals surface area contributed by atoms with Gasteiger partial charge in [-0.05, 0) is 31.6 Å². The Hall–Kier alpha value is -0.540. The lowest BCUT2D eigenvalue weighted by Gasteiger charge is -2.36. The van der Waals surface area contributed by atoms with E-state index >= 15 is 0 Å². The van der Waals surface area contributed by atoms with Gasteiger partial charge in [-0.25, -0.2) is 0 Å². The number of hydrogen-bond donors (Lipinski definition) is 1. The van der Waals surface area contributed by atoms with Crippen molar-refractivity contribution in [3.63, 3.8) is 0 Å². The molecule has 1 aliphatic carbocycles. The van der Waals surface area contributed by atoms with Gasteiger partial charge in [0.25, 0.3) is 0 Å². The van der Waals surface area contributed by atoms with Crippen LogP contribution in [0.15, 0.2) is 12.7 Å². The van der Waals surface area contributed by atoms with E-state index < -0.39 is 5.54 Å². The molecule has 1 saturated heterocycles. The Morgan fingerprint density at radius 1 is 1.29 bits per heavy atom. The van der Waals surface area contributed by atoms with Crippen LogP contribution >= 0.6 is 12.4 Å². The van der Waals surface area contributed by atoms with Crippen LogP contribution in [0.4, 0.5) is 0 Å². The molecule has 17 heavy (non-hydrogen) atoms. The largest absolute Gasteiger partial charge is 0.341 e. The first-order valence-corrected chi connectivity index (χ1v) is 6.36. The number of likely N-dealkylation sites (tertiary alicyclic amines) is 1. The predicted molar refractivity (Wildman–Crippen MR) is 72.1 cm³/mol. The normalized spacial score (nSPS) is 24.2. The van der Waals surface area contributed by atoms with Gasteiger partial charge in [0.15, 0.2) is 0 Å². The van der Waals surface area contributed by atoms with Gasteiger partial charge in [0.05, 0.1) is 5.54 Å². The summed E-state index contributed by atoms with van der Waals surface area (Å²) in [6.07, 6.45) is 8.05. The van der Waals surface area contributed by atoms with E-state index in [4.69, 9.17) is 5.73 Å². The summed E-state index contributed by atoms with van der Waals surface area (Å²) in [5, 5.41) is 0. The molecule has 0 aromatic heterocycles. The molecule has 0 aromatic carbocycles. The molecule has 0 bridgehead atoms. The molecular weight excluding hydrogens is 236 g/mol.